The maximum absolute atomic E-state index is 5.70. The molecule has 1 aromatic rings. The topological polar surface area (TPSA) is 27.7 Å². The van der Waals surface area contributed by atoms with Gasteiger partial charge in [-0.05, 0) is 56.7 Å². The molecule has 0 aliphatic rings. The largest absolute Gasteiger partial charge is 0.493 e. The number of methoxy groups -OCH3 is 2. The van der Waals surface area contributed by atoms with Crippen molar-refractivity contribution < 1.29 is 14.2 Å². The van der Waals surface area contributed by atoms with Crippen LogP contribution in [0, 0.1) is 5.92 Å². The van der Waals surface area contributed by atoms with Gasteiger partial charge in [-0.15, -0.1) is 0 Å². The first-order chi connectivity index (χ1) is 11.6. The fourth-order valence-electron chi connectivity index (χ4n) is 2.38. The Morgan fingerprint density at radius 1 is 1.08 bits per heavy atom. The van der Waals surface area contributed by atoms with E-state index in [1.807, 2.05) is 30.4 Å². The molecule has 0 fully saturated rings. The van der Waals surface area contributed by atoms with Gasteiger partial charge in [-0.1, -0.05) is 36.8 Å². The standard InChI is InChI=1S/C21H32O3/c1-17(2)8-6-9-18(3)13-15-24-14-7-10-19-11-12-20(22-4)21(16-19)23-5/h7-8,10-12,16,18H,6,9,13-15H2,1-5H3/b10-7+. The molecular formula is C21H32O3. The van der Waals surface area contributed by atoms with Crippen molar-refractivity contribution in [1.82, 2.24) is 0 Å². The molecule has 0 aliphatic heterocycles. The third-order valence-electron chi connectivity index (χ3n) is 3.90. The third kappa shape index (κ3) is 8.21. The average Bonchev–Trinajstić information content (AvgIpc) is 2.57. The van der Waals surface area contributed by atoms with Crippen molar-refractivity contribution in [2.75, 3.05) is 27.4 Å². The van der Waals surface area contributed by atoms with Crippen molar-refractivity contribution in [2.45, 2.75) is 40.0 Å². The van der Waals surface area contributed by atoms with Crippen molar-refractivity contribution in [3.05, 3.63) is 41.5 Å². The summed E-state index contributed by atoms with van der Waals surface area (Å²) >= 11 is 0. The molecule has 1 unspecified atom stereocenters. The van der Waals surface area contributed by atoms with E-state index >= 15 is 0 Å². The van der Waals surface area contributed by atoms with Crippen LogP contribution in [-0.2, 0) is 4.74 Å². The van der Waals surface area contributed by atoms with E-state index in [4.69, 9.17) is 14.2 Å². The van der Waals surface area contributed by atoms with E-state index in [2.05, 4.69) is 26.8 Å². The van der Waals surface area contributed by atoms with Gasteiger partial charge in [-0.25, -0.2) is 0 Å². The van der Waals surface area contributed by atoms with Crippen molar-refractivity contribution in [3.63, 3.8) is 0 Å². The van der Waals surface area contributed by atoms with Gasteiger partial charge in [0.25, 0.3) is 0 Å². The molecular weight excluding hydrogens is 300 g/mol. The predicted octanol–water partition coefficient (Wildman–Crippen LogP) is 5.51. The summed E-state index contributed by atoms with van der Waals surface area (Å²) < 4.78 is 16.2. The van der Waals surface area contributed by atoms with Crippen LogP contribution < -0.4 is 9.47 Å². The monoisotopic (exact) mass is 332 g/mol. The van der Waals surface area contributed by atoms with Crippen molar-refractivity contribution >= 4 is 6.08 Å². The molecule has 0 saturated carbocycles. The first kappa shape index (κ1) is 20.3. The van der Waals surface area contributed by atoms with Crippen LogP contribution in [0.1, 0.15) is 45.6 Å². The average molecular weight is 332 g/mol. The summed E-state index contributed by atoms with van der Waals surface area (Å²) in [6.45, 7) is 8.04. The van der Waals surface area contributed by atoms with Gasteiger partial charge in [0.1, 0.15) is 0 Å². The Balaban J connectivity index is 2.25. The van der Waals surface area contributed by atoms with Gasteiger partial charge >= 0.3 is 0 Å². The third-order valence-corrected chi connectivity index (χ3v) is 3.90. The van der Waals surface area contributed by atoms with Gasteiger partial charge in [0.2, 0.25) is 0 Å². The first-order valence-corrected chi connectivity index (χ1v) is 8.66. The summed E-state index contributed by atoms with van der Waals surface area (Å²) in [5, 5.41) is 0. The lowest BCUT2D eigenvalue weighted by Gasteiger charge is -2.10. The zero-order chi connectivity index (χ0) is 17.8. The van der Waals surface area contributed by atoms with Crippen molar-refractivity contribution in [1.29, 1.82) is 0 Å². The number of allylic oxidation sites excluding steroid dienone is 2. The second-order valence-electron chi connectivity index (χ2n) is 6.34. The van der Waals surface area contributed by atoms with Crippen LogP contribution in [0.3, 0.4) is 0 Å². The number of hydrogen-bond donors (Lipinski definition) is 0. The van der Waals surface area contributed by atoms with E-state index in [1.54, 1.807) is 14.2 Å². The normalized spacial score (nSPS) is 12.2. The van der Waals surface area contributed by atoms with Gasteiger partial charge in [-0.2, -0.15) is 0 Å². The highest BCUT2D eigenvalue weighted by Crippen LogP contribution is 2.27. The van der Waals surface area contributed by atoms with Gasteiger partial charge in [-0.3, -0.25) is 0 Å². The van der Waals surface area contributed by atoms with Crippen LogP contribution in [0.2, 0.25) is 0 Å². The summed E-state index contributed by atoms with van der Waals surface area (Å²) in [7, 11) is 3.29. The molecule has 0 radical (unpaired) electrons. The van der Waals surface area contributed by atoms with Crippen LogP contribution in [0.5, 0.6) is 11.5 Å². The van der Waals surface area contributed by atoms with Crippen LogP contribution >= 0.6 is 0 Å². The van der Waals surface area contributed by atoms with Gasteiger partial charge in [0.15, 0.2) is 11.5 Å². The van der Waals surface area contributed by atoms with Crippen LogP contribution in [0.25, 0.3) is 6.08 Å². The Hall–Kier alpha value is -1.74. The molecule has 1 atom stereocenters. The smallest absolute Gasteiger partial charge is 0.161 e. The quantitative estimate of drug-likeness (QED) is 0.395. The van der Waals surface area contributed by atoms with E-state index in [-0.39, 0.29) is 0 Å². The molecule has 0 saturated heterocycles. The summed E-state index contributed by atoms with van der Waals surface area (Å²) in [5.74, 6) is 2.19. The fraction of sp³-hybridized carbons (Fsp3) is 0.524. The predicted molar refractivity (Wildman–Crippen MR) is 102 cm³/mol. The molecule has 134 valence electrons. The summed E-state index contributed by atoms with van der Waals surface area (Å²) in [5.41, 5.74) is 2.48. The lowest BCUT2D eigenvalue weighted by molar-refractivity contribution is 0.146. The summed E-state index contributed by atoms with van der Waals surface area (Å²) in [4.78, 5) is 0. The van der Waals surface area contributed by atoms with E-state index < -0.39 is 0 Å². The molecule has 0 N–H and O–H groups in total. The first-order valence-electron chi connectivity index (χ1n) is 8.66. The second-order valence-corrected chi connectivity index (χ2v) is 6.34. The summed E-state index contributed by atoms with van der Waals surface area (Å²) in [6.07, 6.45) is 9.90. The zero-order valence-corrected chi connectivity index (χ0v) is 15.8. The molecule has 0 heterocycles. The summed E-state index contributed by atoms with van der Waals surface area (Å²) in [6, 6.07) is 5.87. The maximum Gasteiger partial charge on any atom is 0.161 e. The van der Waals surface area contributed by atoms with Crippen LogP contribution in [0.15, 0.2) is 35.9 Å². The van der Waals surface area contributed by atoms with Crippen molar-refractivity contribution in [2.24, 2.45) is 5.92 Å². The zero-order valence-electron chi connectivity index (χ0n) is 15.8. The SMILES string of the molecule is COc1ccc(/C=C/COCCC(C)CCC=C(C)C)cc1OC. The molecule has 1 aromatic carbocycles. The molecule has 0 bridgehead atoms. The highest BCUT2D eigenvalue weighted by Gasteiger charge is 2.03. The molecule has 0 spiro atoms. The molecule has 3 nitrogen and oxygen atoms in total. The highest BCUT2D eigenvalue weighted by atomic mass is 16.5. The van der Waals surface area contributed by atoms with Crippen LogP contribution in [0.4, 0.5) is 0 Å². The Kier molecular flexibility index (Phi) is 9.94. The molecule has 0 amide bonds. The molecule has 0 aromatic heterocycles. The maximum atomic E-state index is 5.70. The number of hydrogen-bond acceptors (Lipinski definition) is 3. The molecule has 1 rings (SSSR count). The molecule has 3 heteroatoms. The van der Waals surface area contributed by atoms with E-state index in [9.17, 15) is 0 Å². The van der Waals surface area contributed by atoms with Gasteiger partial charge in [0.05, 0.1) is 20.8 Å². The Morgan fingerprint density at radius 2 is 1.83 bits per heavy atom. The molecule has 24 heavy (non-hydrogen) atoms. The van der Waals surface area contributed by atoms with Crippen LogP contribution in [-0.4, -0.2) is 27.4 Å². The minimum absolute atomic E-state index is 0.634. The minimum Gasteiger partial charge on any atom is -0.493 e. The number of benzene rings is 1. The van der Waals surface area contributed by atoms with E-state index in [0.717, 1.165) is 30.1 Å². The Bertz CT molecular complexity index is 528. The lowest BCUT2D eigenvalue weighted by atomic mass is 10.0. The number of rotatable bonds is 11. The van der Waals surface area contributed by atoms with Gasteiger partial charge in [0, 0.05) is 6.61 Å². The number of ether oxygens (including phenoxy) is 3. The van der Waals surface area contributed by atoms with E-state index in [0.29, 0.717) is 12.5 Å². The van der Waals surface area contributed by atoms with E-state index in [1.165, 1.54) is 18.4 Å². The van der Waals surface area contributed by atoms with Gasteiger partial charge < -0.3 is 14.2 Å². The Morgan fingerprint density at radius 3 is 2.50 bits per heavy atom. The van der Waals surface area contributed by atoms with Crippen molar-refractivity contribution in [3.8, 4) is 11.5 Å². The highest BCUT2D eigenvalue weighted by molar-refractivity contribution is 5.55. The lowest BCUT2D eigenvalue weighted by Crippen LogP contribution is -2.02. The minimum atomic E-state index is 0.634. The molecule has 0 aliphatic carbocycles. The Labute approximate surface area is 147 Å². The fourth-order valence-corrected chi connectivity index (χ4v) is 2.38. The second kappa shape index (κ2) is 11.7.